The summed E-state index contributed by atoms with van der Waals surface area (Å²) in [6, 6.07) is 0. The van der Waals surface area contributed by atoms with E-state index >= 15 is 0 Å². The molecule has 0 aromatic carbocycles. The summed E-state index contributed by atoms with van der Waals surface area (Å²) in [6.45, 7) is 3.81. The van der Waals surface area contributed by atoms with E-state index in [4.69, 9.17) is 14.9 Å². The highest BCUT2D eigenvalue weighted by Crippen LogP contribution is 2.26. The fourth-order valence-electron chi connectivity index (χ4n) is 1.56. The van der Waals surface area contributed by atoms with Crippen molar-refractivity contribution < 1.29 is 24.4 Å². The molecule has 1 saturated heterocycles. The van der Waals surface area contributed by atoms with Crippen LogP contribution in [0.5, 0.6) is 0 Å². The topological polar surface area (TPSA) is 69.9 Å². The van der Waals surface area contributed by atoms with Gasteiger partial charge in [0.15, 0.2) is 12.5 Å². The Balaban J connectivity index is 2.60. The predicted octanol–water partition coefficient (Wildman–Crippen LogP) is -0.190. The van der Waals surface area contributed by atoms with Crippen molar-refractivity contribution in [1.29, 1.82) is 0 Å². The van der Waals surface area contributed by atoms with Gasteiger partial charge in [-0.05, 0) is 12.3 Å². The molecule has 1 fully saturated rings. The Bertz CT molecular complexity index is 188. The quantitative estimate of drug-likeness (QED) is 0.588. The van der Waals surface area contributed by atoms with Crippen LogP contribution >= 0.6 is 0 Å². The van der Waals surface area contributed by atoms with Gasteiger partial charge in [-0.2, -0.15) is 0 Å². The number of aliphatic hydroxyl groups is 3. The Morgan fingerprint density at radius 2 is 1.79 bits per heavy atom. The first kappa shape index (κ1) is 11.8. The molecule has 0 aromatic heterocycles. The summed E-state index contributed by atoms with van der Waals surface area (Å²) in [6.07, 6.45) is -6.71. The molecule has 1 aliphatic heterocycles. The molecule has 5 heteroatoms. The van der Waals surface area contributed by atoms with Crippen LogP contribution in [0, 0.1) is 5.92 Å². The van der Waals surface area contributed by atoms with E-state index in [1.807, 2.05) is 13.8 Å². The molecule has 0 bridgehead atoms. The Kier molecular flexibility index (Phi) is 3.83. The third kappa shape index (κ3) is 2.42. The first-order valence-electron chi connectivity index (χ1n) is 4.77. The van der Waals surface area contributed by atoms with Crippen molar-refractivity contribution >= 4 is 0 Å². The molecule has 0 aliphatic carbocycles. The average Bonchev–Trinajstić information content (AvgIpc) is 2.10. The van der Waals surface area contributed by atoms with Gasteiger partial charge in [0.1, 0.15) is 12.2 Å². The molecule has 1 heterocycles. The first-order valence-corrected chi connectivity index (χ1v) is 4.77. The highest BCUT2D eigenvalue weighted by atomic mass is 19.1. The maximum Gasteiger partial charge on any atom is 0.184 e. The van der Waals surface area contributed by atoms with E-state index in [1.165, 1.54) is 0 Å². The molecule has 84 valence electrons. The van der Waals surface area contributed by atoms with Crippen LogP contribution in [0.15, 0.2) is 0 Å². The van der Waals surface area contributed by atoms with Crippen LogP contribution in [0.3, 0.4) is 0 Å². The normalized spacial score (nSPS) is 44.4. The molecule has 3 N–H and O–H groups in total. The molecule has 4 nitrogen and oxygen atoms in total. The average molecular weight is 208 g/mol. The van der Waals surface area contributed by atoms with Gasteiger partial charge in [0.25, 0.3) is 0 Å². The van der Waals surface area contributed by atoms with Crippen LogP contribution in [0.25, 0.3) is 0 Å². The van der Waals surface area contributed by atoms with Gasteiger partial charge in [-0.1, -0.05) is 13.8 Å². The van der Waals surface area contributed by atoms with E-state index in [0.717, 1.165) is 0 Å². The van der Waals surface area contributed by atoms with Crippen LogP contribution < -0.4 is 0 Å². The molecular weight excluding hydrogens is 191 g/mol. The molecule has 0 aromatic rings. The van der Waals surface area contributed by atoms with Crippen LogP contribution in [0.1, 0.15) is 20.3 Å². The summed E-state index contributed by atoms with van der Waals surface area (Å²) < 4.78 is 18.1. The summed E-state index contributed by atoms with van der Waals surface area (Å²) in [5.41, 5.74) is 0. The van der Waals surface area contributed by atoms with E-state index < -0.39 is 30.8 Å². The molecule has 0 amide bonds. The predicted molar refractivity (Wildman–Crippen MR) is 47.2 cm³/mol. The second-order valence-corrected chi connectivity index (χ2v) is 4.12. The van der Waals surface area contributed by atoms with Gasteiger partial charge in [-0.15, -0.1) is 0 Å². The second-order valence-electron chi connectivity index (χ2n) is 4.12. The SMILES string of the molecule is CC(C)C[C@H]1OC(O)[C@H](O)[C@@H](F)[C@@H]1O. The minimum atomic E-state index is -1.84. The maximum atomic E-state index is 13.2. The van der Waals surface area contributed by atoms with E-state index in [2.05, 4.69) is 0 Å². The highest BCUT2D eigenvalue weighted by Gasteiger charge is 2.44. The largest absolute Gasteiger partial charge is 0.387 e. The van der Waals surface area contributed by atoms with Crippen molar-refractivity contribution in [2.75, 3.05) is 0 Å². The van der Waals surface area contributed by atoms with Crippen molar-refractivity contribution in [1.82, 2.24) is 0 Å². The van der Waals surface area contributed by atoms with Crippen molar-refractivity contribution in [3.63, 3.8) is 0 Å². The van der Waals surface area contributed by atoms with E-state index in [9.17, 15) is 9.50 Å². The minimum absolute atomic E-state index is 0.226. The second kappa shape index (κ2) is 4.53. The van der Waals surface area contributed by atoms with Crippen molar-refractivity contribution in [3.05, 3.63) is 0 Å². The van der Waals surface area contributed by atoms with E-state index in [0.29, 0.717) is 6.42 Å². The fraction of sp³-hybridized carbons (Fsp3) is 1.00. The number of halogens is 1. The molecule has 0 spiro atoms. The van der Waals surface area contributed by atoms with Crippen LogP contribution in [-0.4, -0.2) is 46.1 Å². The third-order valence-electron chi connectivity index (χ3n) is 2.34. The lowest BCUT2D eigenvalue weighted by molar-refractivity contribution is -0.271. The number of hydrogen-bond acceptors (Lipinski definition) is 4. The molecule has 1 aliphatic rings. The lowest BCUT2D eigenvalue weighted by Crippen LogP contribution is -2.55. The summed E-state index contributed by atoms with van der Waals surface area (Å²) in [7, 11) is 0. The number of hydrogen-bond donors (Lipinski definition) is 3. The van der Waals surface area contributed by atoms with Crippen LogP contribution in [0.2, 0.25) is 0 Å². The zero-order chi connectivity index (χ0) is 10.9. The number of alkyl halides is 1. The minimum Gasteiger partial charge on any atom is -0.387 e. The third-order valence-corrected chi connectivity index (χ3v) is 2.34. The zero-order valence-corrected chi connectivity index (χ0v) is 8.30. The van der Waals surface area contributed by atoms with E-state index in [-0.39, 0.29) is 5.92 Å². The summed E-state index contributed by atoms with van der Waals surface area (Å²) in [5.74, 6) is 0.226. The van der Waals surface area contributed by atoms with Gasteiger partial charge < -0.3 is 20.1 Å². The fourth-order valence-corrected chi connectivity index (χ4v) is 1.56. The molecule has 1 unspecified atom stereocenters. The monoisotopic (exact) mass is 208 g/mol. The van der Waals surface area contributed by atoms with Gasteiger partial charge in [0.2, 0.25) is 0 Å². The first-order chi connectivity index (χ1) is 6.43. The summed E-state index contributed by atoms with van der Waals surface area (Å²) in [4.78, 5) is 0. The molecule has 1 rings (SSSR count). The van der Waals surface area contributed by atoms with Crippen LogP contribution in [0.4, 0.5) is 4.39 Å². The zero-order valence-electron chi connectivity index (χ0n) is 8.30. The molecule has 0 radical (unpaired) electrons. The Morgan fingerprint density at radius 1 is 1.21 bits per heavy atom. The molecular formula is C9H17FO4. The molecule has 0 saturated carbocycles. The smallest absolute Gasteiger partial charge is 0.184 e. The Hall–Kier alpha value is -0.230. The van der Waals surface area contributed by atoms with Crippen molar-refractivity contribution in [3.8, 4) is 0 Å². The van der Waals surface area contributed by atoms with Crippen LogP contribution in [-0.2, 0) is 4.74 Å². The van der Waals surface area contributed by atoms with Gasteiger partial charge in [-0.3, -0.25) is 0 Å². The van der Waals surface area contributed by atoms with E-state index in [1.54, 1.807) is 0 Å². The van der Waals surface area contributed by atoms with Gasteiger partial charge in [0.05, 0.1) is 6.10 Å². The summed E-state index contributed by atoms with van der Waals surface area (Å²) >= 11 is 0. The van der Waals surface area contributed by atoms with Gasteiger partial charge in [-0.25, -0.2) is 4.39 Å². The number of ether oxygens (including phenoxy) is 1. The standard InChI is InChI=1S/C9H17FO4/c1-4(2)3-5-7(11)6(10)8(12)9(13)14-5/h4-9,11-13H,3H2,1-2H3/t5-,6+,7-,8-,9?/m1/s1. The molecule has 14 heavy (non-hydrogen) atoms. The molecule has 5 atom stereocenters. The lowest BCUT2D eigenvalue weighted by atomic mass is 9.94. The number of rotatable bonds is 2. The van der Waals surface area contributed by atoms with Crippen molar-refractivity contribution in [2.45, 2.75) is 51.0 Å². The highest BCUT2D eigenvalue weighted by molar-refractivity contribution is 4.89. The maximum absolute atomic E-state index is 13.2. The summed E-state index contributed by atoms with van der Waals surface area (Å²) in [5, 5.41) is 27.6. The lowest BCUT2D eigenvalue weighted by Gasteiger charge is -2.37. The van der Waals surface area contributed by atoms with Gasteiger partial charge >= 0.3 is 0 Å². The number of aliphatic hydroxyl groups excluding tert-OH is 3. The Morgan fingerprint density at radius 3 is 2.29 bits per heavy atom. The Labute approximate surface area is 82.3 Å². The van der Waals surface area contributed by atoms with Gasteiger partial charge in [0, 0.05) is 0 Å². The van der Waals surface area contributed by atoms with Crippen molar-refractivity contribution in [2.24, 2.45) is 5.92 Å².